The number of hydrogen-bond acceptors (Lipinski definition) is 10. The Morgan fingerprint density at radius 1 is 0.676 bits per heavy atom. The standard InChI is InChI=1S/C20H20N10O4/c31-17(21-13-5-9-15(10-6-13)33-19-23-27-28-24-19)3-1-2-4-18(32)22-14-7-11-16(12-8-14)34-20-25-29-30-26-20/h5-12H,1-4H2,(H,21,31)(H,22,32)(H,23,24,27,28)(H,25,26,29,30). The van der Waals surface area contributed by atoms with Crippen LogP contribution in [0.15, 0.2) is 48.5 Å². The first-order valence-corrected chi connectivity index (χ1v) is 10.3. The number of hydrogen-bond donors (Lipinski definition) is 4. The fourth-order valence-electron chi connectivity index (χ4n) is 2.83. The highest BCUT2D eigenvalue weighted by Crippen LogP contribution is 2.21. The van der Waals surface area contributed by atoms with E-state index in [-0.39, 0.29) is 23.8 Å². The Balaban J connectivity index is 1.11. The maximum absolute atomic E-state index is 12.1. The second-order valence-corrected chi connectivity index (χ2v) is 6.95. The van der Waals surface area contributed by atoms with Gasteiger partial charge in [-0.1, -0.05) is 20.4 Å². The van der Waals surface area contributed by atoms with E-state index in [4.69, 9.17) is 9.47 Å². The third-order valence-electron chi connectivity index (χ3n) is 4.40. The molecule has 2 aromatic carbocycles. The summed E-state index contributed by atoms with van der Waals surface area (Å²) in [6, 6.07) is 13.8. The van der Waals surface area contributed by atoms with Gasteiger partial charge in [-0.3, -0.25) is 9.59 Å². The molecule has 0 fully saturated rings. The number of tetrazole rings is 2. The van der Waals surface area contributed by atoms with Gasteiger partial charge < -0.3 is 20.1 Å². The molecule has 0 unspecified atom stereocenters. The molecule has 0 aliphatic heterocycles. The molecule has 34 heavy (non-hydrogen) atoms. The number of benzene rings is 2. The number of nitrogens with zero attached hydrogens (tertiary/aromatic N) is 6. The lowest BCUT2D eigenvalue weighted by atomic mass is 10.1. The van der Waals surface area contributed by atoms with E-state index in [1.54, 1.807) is 48.5 Å². The highest BCUT2D eigenvalue weighted by atomic mass is 16.5. The molecule has 2 amide bonds. The van der Waals surface area contributed by atoms with Crippen molar-refractivity contribution in [2.75, 3.05) is 10.6 Å². The maximum Gasteiger partial charge on any atom is 0.361 e. The molecule has 174 valence electrons. The molecule has 2 aromatic heterocycles. The molecule has 0 radical (unpaired) electrons. The number of unbranched alkanes of at least 4 members (excludes halogenated alkanes) is 1. The first-order valence-electron chi connectivity index (χ1n) is 10.3. The maximum atomic E-state index is 12.1. The van der Waals surface area contributed by atoms with Crippen molar-refractivity contribution in [3.05, 3.63) is 48.5 Å². The molecule has 0 aliphatic carbocycles. The first kappa shape index (κ1) is 22.3. The predicted molar refractivity (Wildman–Crippen MR) is 117 cm³/mol. The van der Waals surface area contributed by atoms with E-state index >= 15 is 0 Å². The Labute approximate surface area is 192 Å². The quantitative estimate of drug-likeness (QED) is 0.240. The average molecular weight is 464 g/mol. The largest absolute Gasteiger partial charge is 0.422 e. The number of H-pyrrole nitrogens is 2. The van der Waals surface area contributed by atoms with Crippen LogP contribution in [0.5, 0.6) is 23.5 Å². The van der Waals surface area contributed by atoms with E-state index in [2.05, 4.69) is 51.9 Å². The lowest BCUT2D eigenvalue weighted by Gasteiger charge is -2.07. The zero-order valence-electron chi connectivity index (χ0n) is 17.8. The Hall–Kier alpha value is -4.88. The minimum Gasteiger partial charge on any atom is -0.422 e. The SMILES string of the molecule is O=C(CCCCC(=O)Nc1ccc(Oc2nn[nH]n2)cc1)Nc1ccc(Oc2nn[nH]n2)cc1. The molecule has 0 saturated heterocycles. The molecular weight excluding hydrogens is 444 g/mol. The van der Waals surface area contributed by atoms with Gasteiger partial charge in [0.15, 0.2) is 0 Å². The molecule has 0 bridgehead atoms. The van der Waals surface area contributed by atoms with E-state index in [1.165, 1.54) is 0 Å². The van der Waals surface area contributed by atoms with E-state index < -0.39 is 0 Å². The van der Waals surface area contributed by atoms with Crippen LogP contribution < -0.4 is 20.1 Å². The summed E-state index contributed by atoms with van der Waals surface area (Å²) in [6.07, 6.45) is 1.76. The third kappa shape index (κ3) is 6.81. The minimum atomic E-state index is -0.135. The van der Waals surface area contributed by atoms with Gasteiger partial charge in [0.1, 0.15) is 11.5 Å². The van der Waals surface area contributed by atoms with Crippen LogP contribution in [0.2, 0.25) is 0 Å². The lowest BCUT2D eigenvalue weighted by molar-refractivity contribution is -0.118. The van der Waals surface area contributed by atoms with Crippen LogP contribution in [0.25, 0.3) is 0 Å². The van der Waals surface area contributed by atoms with Crippen molar-refractivity contribution in [3.8, 4) is 23.5 Å². The van der Waals surface area contributed by atoms with Crippen molar-refractivity contribution in [2.24, 2.45) is 0 Å². The Bertz CT molecular complexity index is 1080. The van der Waals surface area contributed by atoms with Crippen molar-refractivity contribution in [1.82, 2.24) is 41.2 Å². The van der Waals surface area contributed by atoms with Gasteiger partial charge in [-0.2, -0.15) is 10.4 Å². The minimum absolute atomic E-state index is 0.104. The van der Waals surface area contributed by atoms with Crippen LogP contribution in [-0.2, 0) is 9.59 Å². The second kappa shape index (κ2) is 11.1. The zero-order valence-corrected chi connectivity index (χ0v) is 17.8. The third-order valence-corrected chi connectivity index (χ3v) is 4.40. The van der Waals surface area contributed by atoms with Crippen LogP contribution in [0.3, 0.4) is 0 Å². The number of rotatable bonds is 11. The number of carbonyl (C=O) groups is 2. The van der Waals surface area contributed by atoms with Crippen LogP contribution in [-0.4, -0.2) is 53.1 Å². The molecule has 0 saturated carbocycles. The molecule has 14 nitrogen and oxygen atoms in total. The fraction of sp³-hybridized carbons (Fsp3) is 0.200. The lowest BCUT2D eigenvalue weighted by Crippen LogP contribution is -2.13. The molecule has 14 heteroatoms. The molecule has 4 N–H and O–H groups in total. The van der Waals surface area contributed by atoms with E-state index in [1.807, 2.05) is 0 Å². The van der Waals surface area contributed by atoms with Crippen molar-refractivity contribution >= 4 is 23.2 Å². The number of amides is 2. The molecule has 2 heterocycles. The number of carbonyl (C=O) groups excluding carboxylic acids is 2. The summed E-state index contributed by atoms with van der Waals surface area (Å²) in [5.74, 6) is 0.757. The fourth-order valence-corrected chi connectivity index (χ4v) is 2.83. The molecule has 4 rings (SSSR count). The van der Waals surface area contributed by atoms with Crippen molar-refractivity contribution in [2.45, 2.75) is 25.7 Å². The zero-order chi connectivity index (χ0) is 23.6. The number of ether oxygens (including phenoxy) is 2. The monoisotopic (exact) mass is 464 g/mol. The van der Waals surface area contributed by atoms with Gasteiger partial charge in [0.2, 0.25) is 11.8 Å². The van der Waals surface area contributed by atoms with Crippen molar-refractivity contribution in [1.29, 1.82) is 0 Å². The summed E-state index contributed by atoms with van der Waals surface area (Å²) in [6.45, 7) is 0. The highest BCUT2D eigenvalue weighted by molar-refractivity contribution is 5.91. The molecular formula is C20H20N10O4. The Morgan fingerprint density at radius 2 is 1.09 bits per heavy atom. The summed E-state index contributed by atoms with van der Waals surface area (Å²) in [4.78, 5) is 24.3. The van der Waals surface area contributed by atoms with Gasteiger partial charge in [0.05, 0.1) is 0 Å². The first-order chi connectivity index (χ1) is 16.6. The number of aromatic nitrogens is 8. The number of aromatic amines is 2. The summed E-state index contributed by atoms with van der Waals surface area (Å²) < 4.78 is 10.7. The number of nitrogens with one attached hydrogen (secondary N) is 4. The van der Waals surface area contributed by atoms with E-state index in [9.17, 15) is 9.59 Å². The van der Waals surface area contributed by atoms with Gasteiger partial charge in [-0.15, -0.1) is 0 Å². The molecule has 0 atom stereocenters. The van der Waals surface area contributed by atoms with Crippen LogP contribution in [0, 0.1) is 0 Å². The number of anilines is 2. The van der Waals surface area contributed by atoms with Gasteiger partial charge in [0, 0.05) is 24.2 Å². The van der Waals surface area contributed by atoms with Crippen LogP contribution >= 0.6 is 0 Å². The highest BCUT2D eigenvalue weighted by Gasteiger charge is 2.07. The van der Waals surface area contributed by atoms with Crippen LogP contribution in [0.1, 0.15) is 25.7 Å². The second-order valence-electron chi connectivity index (χ2n) is 6.95. The summed E-state index contributed by atoms with van der Waals surface area (Å²) >= 11 is 0. The molecule has 4 aromatic rings. The van der Waals surface area contributed by atoms with Gasteiger partial charge >= 0.3 is 12.0 Å². The summed E-state index contributed by atoms with van der Waals surface area (Å²) in [5.41, 5.74) is 1.27. The van der Waals surface area contributed by atoms with E-state index in [0.717, 1.165) is 0 Å². The van der Waals surface area contributed by atoms with E-state index in [0.29, 0.717) is 48.6 Å². The average Bonchev–Trinajstić information content (AvgIpc) is 3.54. The van der Waals surface area contributed by atoms with Crippen LogP contribution in [0.4, 0.5) is 11.4 Å². The van der Waals surface area contributed by atoms with Gasteiger partial charge in [-0.05, 0) is 71.8 Å². The smallest absolute Gasteiger partial charge is 0.361 e. The normalized spacial score (nSPS) is 10.5. The Morgan fingerprint density at radius 3 is 1.44 bits per heavy atom. The Kier molecular flexibility index (Phi) is 7.30. The van der Waals surface area contributed by atoms with Crippen molar-refractivity contribution in [3.63, 3.8) is 0 Å². The topological polar surface area (TPSA) is 186 Å². The molecule has 0 aliphatic rings. The summed E-state index contributed by atoms with van der Waals surface area (Å²) in [5, 5.41) is 31.8. The van der Waals surface area contributed by atoms with Gasteiger partial charge in [0.25, 0.3) is 0 Å². The predicted octanol–water partition coefficient (Wildman–Crippen LogP) is 2.43. The van der Waals surface area contributed by atoms with Crippen molar-refractivity contribution < 1.29 is 19.1 Å². The summed E-state index contributed by atoms with van der Waals surface area (Å²) in [7, 11) is 0. The van der Waals surface area contributed by atoms with Gasteiger partial charge in [-0.25, -0.2) is 0 Å². The molecule has 0 spiro atoms.